The van der Waals surface area contributed by atoms with Crippen LogP contribution < -0.4 is 0 Å². The van der Waals surface area contributed by atoms with Gasteiger partial charge in [0, 0.05) is 17.9 Å². The Bertz CT molecular complexity index is 529. The van der Waals surface area contributed by atoms with Crippen molar-refractivity contribution in [2.45, 2.75) is 19.8 Å². The zero-order valence-corrected chi connectivity index (χ0v) is 10.3. The third kappa shape index (κ3) is 2.59. The Morgan fingerprint density at radius 1 is 1.29 bits per heavy atom. The van der Waals surface area contributed by atoms with Gasteiger partial charge in [-0.25, -0.2) is 0 Å². The van der Waals surface area contributed by atoms with Crippen molar-refractivity contribution >= 4 is 17.4 Å². The van der Waals surface area contributed by atoms with E-state index in [9.17, 15) is 4.79 Å². The Labute approximate surface area is 105 Å². The van der Waals surface area contributed by atoms with Gasteiger partial charge >= 0.3 is 0 Å². The molecule has 0 aliphatic rings. The van der Waals surface area contributed by atoms with Gasteiger partial charge in [-0.15, -0.1) is 0 Å². The van der Waals surface area contributed by atoms with E-state index < -0.39 is 0 Å². The highest BCUT2D eigenvalue weighted by molar-refractivity contribution is 6.31. The Balaban J connectivity index is 2.20. The molecule has 1 aromatic heterocycles. The molecule has 2 nitrogen and oxygen atoms in total. The zero-order valence-electron chi connectivity index (χ0n) is 9.57. The zero-order chi connectivity index (χ0) is 12.3. The molecule has 0 saturated heterocycles. The number of hydrogen-bond donors (Lipinski definition) is 0. The van der Waals surface area contributed by atoms with Crippen LogP contribution in [0.1, 0.15) is 28.6 Å². The lowest BCUT2D eigenvalue weighted by atomic mass is 10.0. The van der Waals surface area contributed by atoms with E-state index in [1.54, 1.807) is 18.4 Å². The quantitative estimate of drug-likeness (QED) is 0.768. The maximum absolute atomic E-state index is 12.1. The third-order valence-electron chi connectivity index (χ3n) is 2.68. The van der Waals surface area contributed by atoms with Crippen molar-refractivity contribution in [2.75, 3.05) is 0 Å². The molecule has 88 valence electrons. The van der Waals surface area contributed by atoms with Crippen LogP contribution >= 0.6 is 11.6 Å². The van der Waals surface area contributed by atoms with Gasteiger partial charge in [-0.3, -0.25) is 4.79 Å². The summed E-state index contributed by atoms with van der Waals surface area (Å²) < 4.78 is 5.25. The molecule has 1 heterocycles. The predicted octanol–water partition coefficient (Wildman–Crippen LogP) is 3.92. The lowest BCUT2D eigenvalue weighted by molar-refractivity contribution is 0.0991. The summed E-state index contributed by atoms with van der Waals surface area (Å²) in [4.78, 5) is 12.1. The highest BCUT2D eigenvalue weighted by atomic mass is 35.5. The SMILES string of the molecule is CCc1occc1C(=O)Cc1ccccc1Cl. The van der Waals surface area contributed by atoms with Gasteiger partial charge < -0.3 is 4.42 Å². The van der Waals surface area contributed by atoms with Crippen LogP contribution in [0.15, 0.2) is 41.0 Å². The molecule has 0 fully saturated rings. The molecule has 0 radical (unpaired) electrons. The first-order valence-electron chi connectivity index (χ1n) is 5.55. The molecule has 0 unspecified atom stereocenters. The highest BCUT2D eigenvalue weighted by Crippen LogP contribution is 2.19. The molecule has 0 spiro atoms. The minimum atomic E-state index is 0.0451. The minimum absolute atomic E-state index is 0.0451. The molecule has 0 aliphatic carbocycles. The Morgan fingerprint density at radius 3 is 2.76 bits per heavy atom. The third-order valence-corrected chi connectivity index (χ3v) is 3.04. The van der Waals surface area contributed by atoms with Gasteiger partial charge in [0.25, 0.3) is 0 Å². The average Bonchev–Trinajstić information content (AvgIpc) is 2.80. The van der Waals surface area contributed by atoms with Gasteiger partial charge in [0.05, 0.1) is 11.8 Å². The number of furan rings is 1. The summed E-state index contributed by atoms with van der Waals surface area (Å²) in [7, 11) is 0. The number of carbonyl (C=O) groups is 1. The van der Waals surface area contributed by atoms with Crippen molar-refractivity contribution in [2.24, 2.45) is 0 Å². The van der Waals surface area contributed by atoms with Gasteiger partial charge in [-0.05, 0) is 17.7 Å². The summed E-state index contributed by atoms with van der Waals surface area (Å²) >= 11 is 6.03. The standard InChI is InChI=1S/C14H13ClO2/c1-2-14-11(7-8-17-14)13(16)9-10-5-3-4-6-12(10)15/h3-8H,2,9H2,1H3. The first-order chi connectivity index (χ1) is 8.22. The lowest BCUT2D eigenvalue weighted by Gasteiger charge is -2.03. The molecule has 0 bridgehead atoms. The van der Waals surface area contributed by atoms with Crippen molar-refractivity contribution in [1.29, 1.82) is 0 Å². The number of benzene rings is 1. The van der Waals surface area contributed by atoms with Crippen LogP contribution in [0, 0.1) is 0 Å². The van der Waals surface area contributed by atoms with Crippen molar-refractivity contribution in [1.82, 2.24) is 0 Å². The summed E-state index contributed by atoms with van der Waals surface area (Å²) in [6.45, 7) is 1.96. The second-order valence-electron chi connectivity index (χ2n) is 3.80. The smallest absolute Gasteiger partial charge is 0.170 e. The van der Waals surface area contributed by atoms with Crippen molar-refractivity contribution in [3.05, 3.63) is 58.5 Å². The molecular weight excluding hydrogens is 236 g/mol. The van der Waals surface area contributed by atoms with E-state index in [-0.39, 0.29) is 5.78 Å². The number of rotatable bonds is 4. The maximum Gasteiger partial charge on any atom is 0.170 e. The Hall–Kier alpha value is -1.54. The molecule has 0 atom stereocenters. The highest BCUT2D eigenvalue weighted by Gasteiger charge is 2.14. The van der Waals surface area contributed by atoms with Gasteiger partial charge in [0.2, 0.25) is 0 Å². The van der Waals surface area contributed by atoms with E-state index in [2.05, 4.69) is 0 Å². The Morgan fingerprint density at radius 2 is 2.06 bits per heavy atom. The van der Waals surface area contributed by atoms with Crippen LogP contribution in [-0.2, 0) is 12.8 Å². The van der Waals surface area contributed by atoms with Gasteiger partial charge in [0.15, 0.2) is 5.78 Å². The summed E-state index contributed by atoms with van der Waals surface area (Å²) in [6, 6.07) is 9.11. The summed E-state index contributed by atoms with van der Waals surface area (Å²) in [5.41, 5.74) is 1.51. The number of hydrogen-bond acceptors (Lipinski definition) is 2. The fourth-order valence-corrected chi connectivity index (χ4v) is 1.98. The summed E-state index contributed by atoms with van der Waals surface area (Å²) in [5, 5.41) is 0.627. The van der Waals surface area contributed by atoms with Crippen LogP contribution in [0.4, 0.5) is 0 Å². The number of carbonyl (C=O) groups excluding carboxylic acids is 1. The molecule has 2 rings (SSSR count). The lowest BCUT2D eigenvalue weighted by Crippen LogP contribution is -2.05. The van der Waals surface area contributed by atoms with Crippen molar-refractivity contribution in [3.8, 4) is 0 Å². The van der Waals surface area contributed by atoms with E-state index >= 15 is 0 Å². The van der Waals surface area contributed by atoms with Crippen LogP contribution in [0.25, 0.3) is 0 Å². The van der Waals surface area contributed by atoms with E-state index in [1.807, 2.05) is 25.1 Å². The monoisotopic (exact) mass is 248 g/mol. The Kier molecular flexibility index (Phi) is 3.64. The second kappa shape index (κ2) is 5.19. The van der Waals surface area contributed by atoms with Crippen LogP contribution in [0.5, 0.6) is 0 Å². The predicted molar refractivity (Wildman–Crippen MR) is 67.6 cm³/mol. The minimum Gasteiger partial charge on any atom is -0.469 e. The summed E-state index contributed by atoms with van der Waals surface area (Å²) in [6.07, 6.45) is 2.58. The number of halogens is 1. The molecule has 0 saturated carbocycles. The van der Waals surface area contributed by atoms with E-state index in [4.69, 9.17) is 16.0 Å². The molecular formula is C14H13ClO2. The second-order valence-corrected chi connectivity index (χ2v) is 4.21. The number of ketones is 1. The van der Waals surface area contributed by atoms with Gasteiger partial charge in [-0.2, -0.15) is 0 Å². The molecule has 0 aliphatic heterocycles. The average molecular weight is 249 g/mol. The molecule has 3 heteroatoms. The summed E-state index contributed by atoms with van der Waals surface area (Å²) in [5.74, 6) is 0.783. The fourth-order valence-electron chi connectivity index (χ4n) is 1.77. The van der Waals surface area contributed by atoms with Gasteiger partial charge in [0.1, 0.15) is 5.76 Å². The van der Waals surface area contributed by atoms with Crippen molar-refractivity contribution < 1.29 is 9.21 Å². The largest absolute Gasteiger partial charge is 0.469 e. The number of aryl methyl sites for hydroxylation is 1. The fraction of sp³-hybridized carbons (Fsp3) is 0.214. The molecule has 0 N–H and O–H groups in total. The normalized spacial score (nSPS) is 10.5. The van der Waals surface area contributed by atoms with E-state index in [1.165, 1.54) is 0 Å². The molecule has 17 heavy (non-hydrogen) atoms. The molecule has 2 aromatic rings. The van der Waals surface area contributed by atoms with Crippen LogP contribution in [0.3, 0.4) is 0 Å². The van der Waals surface area contributed by atoms with Crippen LogP contribution in [-0.4, -0.2) is 5.78 Å². The first-order valence-corrected chi connectivity index (χ1v) is 5.93. The number of Topliss-reactive ketones (excluding diaryl/α,β-unsaturated/α-hetero) is 1. The van der Waals surface area contributed by atoms with Gasteiger partial charge in [-0.1, -0.05) is 36.7 Å². The topological polar surface area (TPSA) is 30.2 Å². The maximum atomic E-state index is 12.1. The molecule has 1 aromatic carbocycles. The molecule has 0 amide bonds. The van der Waals surface area contributed by atoms with Crippen molar-refractivity contribution in [3.63, 3.8) is 0 Å². The first kappa shape index (κ1) is 11.9. The van der Waals surface area contributed by atoms with E-state index in [0.29, 0.717) is 17.0 Å². The van der Waals surface area contributed by atoms with Crippen LogP contribution in [0.2, 0.25) is 5.02 Å². The van der Waals surface area contributed by atoms with E-state index in [0.717, 1.165) is 17.7 Å².